The van der Waals surface area contributed by atoms with Crippen LogP contribution in [0.1, 0.15) is 31.5 Å². The van der Waals surface area contributed by atoms with Crippen LogP contribution >= 0.6 is 0 Å². The van der Waals surface area contributed by atoms with Gasteiger partial charge < -0.3 is 14.9 Å². The maximum absolute atomic E-state index is 11.3. The van der Waals surface area contributed by atoms with Crippen molar-refractivity contribution in [1.82, 2.24) is 15.5 Å². The van der Waals surface area contributed by atoms with E-state index in [1.54, 1.807) is 13.8 Å². The fourth-order valence-corrected chi connectivity index (χ4v) is 1.18. The smallest absolute Gasteiger partial charge is 0.223 e. The summed E-state index contributed by atoms with van der Waals surface area (Å²) in [5, 5.41) is 15.4. The van der Waals surface area contributed by atoms with Crippen LogP contribution in [0.4, 0.5) is 0 Å². The topological polar surface area (TPSA) is 88.2 Å². The Hall–Kier alpha value is -1.43. The summed E-state index contributed by atoms with van der Waals surface area (Å²) in [5.41, 5.74) is 0. The van der Waals surface area contributed by atoms with E-state index in [0.29, 0.717) is 37.5 Å². The van der Waals surface area contributed by atoms with Crippen molar-refractivity contribution in [3.05, 3.63) is 11.7 Å². The molecule has 90 valence electrons. The van der Waals surface area contributed by atoms with E-state index < -0.39 is 6.10 Å². The standard InChI is InChI=1S/C10H17N3O3/c1-7(14)3-4-10(15)11-6-5-9-12-8(2)16-13-9/h7,14H,3-6H2,1-2H3,(H,11,15). The molecule has 6 nitrogen and oxygen atoms in total. The lowest BCUT2D eigenvalue weighted by atomic mass is 10.2. The number of aliphatic hydroxyl groups excluding tert-OH is 1. The quantitative estimate of drug-likeness (QED) is 0.724. The van der Waals surface area contributed by atoms with Crippen molar-refractivity contribution in [3.8, 4) is 0 Å². The molecule has 1 rings (SSSR count). The van der Waals surface area contributed by atoms with Gasteiger partial charge in [-0.25, -0.2) is 0 Å². The summed E-state index contributed by atoms with van der Waals surface area (Å²) in [6.45, 7) is 3.87. The molecular weight excluding hydrogens is 210 g/mol. The molecular formula is C10H17N3O3. The number of carbonyl (C=O) groups is 1. The highest BCUT2D eigenvalue weighted by Gasteiger charge is 2.05. The van der Waals surface area contributed by atoms with E-state index in [-0.39, 0.29) is 5.91 Å². The van der Waals surface area contributed by atoms with Gasteiger partial charge in [-0.1, -0.05) is 5.16 Å². The first kappa shape index (κ1) is 12.6. The maximum Gasteiger partial charge on any atom is 0.223 e. The molecule has 0 saturated heterocycles. The molecule has 0 saturated carbocycles. The van der Waals surface area contributed by atoms with Crippen molar-refractivity contribution < 1.29 is 14.4 Å². The zero-order valence-corrected chi connectivity index (χ0v) is 9.56. The number of rotatable bonds is 6. The van der Waals surface area contributed by atoms with Gasteiger partial charge in [-0.05, 0) is 13.3 Å². The first-order chi connectivity index (χ1) is 7.58. The Kier molecular flexibility index (Phi) is 4.91. The minimum atomic E-state index is -0.439. The molecule has 0 aliphatic carbocycles. The highest BCUT2D eigenvalue weighted by atomic mass is 16.5. The van der Waals surface area contributed by atoms with Gasteiger partial charge in [0.1, 0.15) is 0 Å². The Balaban J connectivity index is 2.13. The molecule has 6 heteroatoms. The molecule has 0 bridgehead atoms. The molecule has 1 atom stereocenters. The zero-order chi connectivity index (χ0) is 12.0. The van der Waals surface area contributed by atoms with Crippen LogP contribution in [0.3, 0.4) is 0 Å². The minimum Gasteiger partial charge on any atom is -0.393 e. The fraction of sp³-hybridized carbons (Fsp3) is 0.700. The highest BCUT2D eigenvalue weighted by molar-refractivity contribution is 5.75. The predicted octanol–water partition coefficient (Wildman–Crippen LogP) is 0.198. The molecule has 2 N–H and O–H groups in total. The highest BCUT2D eigenvalue weighted by Crippen LogP contribution is 1.97. The molecule has 1 aromatic rings. The number of hydrogen-bond donors (Lipinski definition) is 2. The second-order valence-corrected chi connectivity index (χ2v) is 3.72. The van der Waals surface area contributed by atoms with Crippen LogP contribution in [-0.4, -0.2) is 33.8 Å². The van der Waals surface area contributed by atoms with E-state index >= 15 is 0 Å². The average molecular weight is 227 g/mol. The monoisotopic (exact) mass is 227 g/mol. The van der Waals surface area contributed by atoms with E-state index in [2.05, 4.69) is 15.5 Å². The number of aryl methyl sites for hydroxylation is 1. The summed E-state index contributed by atoms with van der Waals surface area (Å²) in [5.74, 6) is 1.05. The van der Waals surface area contributed by atoms with Crippen molar-refractivity contribution in [2.45, 2.75) is 39.2 Å². The van der Waals surface area contributed by atoms with E-state index in [1.807, 2.05) is 0 Å². The van der Waals surface area contributed by atoms with Crippen LogP contribution in [0.5, 0.6) is 0 Å². The first-order valence-corrected chi connectivity index (χ1v) is 5.32. The molecule has 1 heterocycles. The first-order valence-electron chi connectivity index (χ1n) is 5.32. The maximum atomic E-state index is 11.3. The van der Waals surface area contributed by atoms with Crippen molar-refractivity contribution in [3.63, 3.8) is 0 Å². The predicted molar refractivity (Wildman–Crippen MR) is 56.7 cm³/mol. The number of nitrogens with zero attached hydrogens (tertiary/aromatic N) is 2. The molecule has 0 radical (unpaired) electrons. The number of aromatic nitrogens is 2. The molecule has 0 spiro atoms. The summed E-state index contributed by atoms with van der Waals surface area (Å²) in [4.78, 5) is 15.3. The van der Waals surface area contributed by atoms with Crippen LogP contribution in [0.15, 0.2) is 4.52 Å². The van der Waals surface area contributed by atoms with Crippen LogP contribution < -0.4 is 5.32 Å². The van der Waals surface area contributed by atoms with Crippen LogP contribution in [0.25, 0.3) is 0 Å². The summed E-state index contributed by atoms with van der Waals surface area (Å²) in [6, 6.07) is 0. The van der Waals surface area contributed by atoms with E-state index in [9.17, 15) is 4.79 Å². The largest absolute Gasteiger partial charge is 0.393 e. The molecule has 0 aliphatic rings. The zero-order valence-electron chi connectivity index (χ0n) is 9.56. The van der Waals surface area contributed by atoms with Gasteiger partial charge >= 0.3 is 0 Å². The van der Waals surface area contributed by atoms with E-state index in [1.165, 1.54) is 0 Å². The minimum absolute atomic E-state index is 0.0684. The Morgan fingerprint density at radius 2 is 2.38 bits per heavy atom. The van der Waals surface area contributed by atoms with Crippen molar-refractivity contribution in [2.75, 3.05) is 6.54 Å². The number of nitrogens with one attached hydrogen (secondary N) is 1. The van der Waals surface area contributed by atoms with E-state index in [0.717, 1.165) is 0 Å². The Morgan fingerprint density at radius 1 is 1.62 bits per heavy atom. The van der Waals surface area contributed by atoms with Gasteiger partial charge in [-0.3, -0.25) is 4.79 Å². The lowest BCUT2D eigenvalue weighted by molar-refractivity contribution is -0.121. The fourth-order valence-electron chi connectivity index (χ4n) is 1.18. The van der Waals surface area contributed by atoms with Crippen LogP contribution in [0.2, 0.25) is 0 Å². The lowest BCUT2D eigenvalue weighted by Crippen LogP contribution is -2.26. The van der Waals surface area contributed by atoms with Gasteiger partial charge in [0.25, 0.3) is 0 Å². The average Bonchev–Trinajstić information content (AvgIpc) is 2.61. The van der Waals surface area contributed by atoms with Crippen LogP contribution in [-0.2, 0) is 11.2 Å². The third-order valence-electron chi connectivity index (χ3n) is 2.03. The third-order valence-corrected chi connectivity index (χ3v) is 2.03. The number of amides is 1. The summed E-state index contributed by atoms with van der Waals surface area (Å²) < 4.78 is 4.79. The van der Waals surface area contributed by atoms with Gasteiger partial charge in [0.05, 0.1) is 6.10 Å². The molecule has 1 aromatic heterocycles. The van der Waals surface area contributed by atoms with Gasteiger partial charge in [-0.2, -0.15) is 4.98 Å². The normalized spacial score (nSPS) is 12.4. The molecule has 0 aliphatic heterocycles. The Morgan fingerprint density at radius 3 is 2.94 bits per heavy atom. The number of carbonyl (C=O) groups excluding carboxylic acids is 1. The number of aliphatic hydroxyl groups is 1. The van der Waals surface area contributed by atoms with Crippen LogP contribution in [0, 0.1) is 6.92 Å². The Bertz CT molecular complexity index is 336. The molecule has 1 amide bonds. The van der Waals surface area contributed by atoms with Gasteiger partial charge in [-0.15, -0.1) is 0 Å². The summed E-state index contributed by atoms with van der Waals surface area (Å²) in [6.07, 6.45) is 0.930. The van der Waals surface area contributed by atoms with E-state index in [4.69, 9.17) is 9.63 Å². The van der Waals surface area contributed by atoms with Crippen molar-refractivity contribution >= 4 is 5.91 Å². The van der Waals surface area contributed by atoms with Gasteiger partial charge in [0.15, 0.2) is 5.82 Å². The summed E-state index contributed by atoms with van der Waals surface area (Å²) in [7, 11) is 0. The second kappa shape index (κ2) is 6.22. The number of hydrogen-bond acceptors (Lipinski definition) is 5. The van der Waals surface area contributed by atoms with Gasteiger partial charge in [0.2, 0.25) is 11.8 Å². The second-order valence-electron chi connectivity index (χ2n) is 3.72. The Labute approximate surface area is 94.0 Å². The SMILES string of the molecule is Cc1nc(CCNC(=O)CCC(C)O)no1. The van der Waals surface area contributed by atoms with Gasteiger partial charge in [0, 0.05) is 26.3 Å². The third kappa shape index (κ3) is 4.88. The lowest BCUT2D eigenvalue weighted by Gasteiger charge is -2.04. The molecule has 1 unspecified atom stereocenters. The summed E-state index contributed by atoms with van der Waals surface area (Å²) >= 11 is 0. The molecule has 16 heavy (non-hydrogen) atoms. The molecule has 0 fully saturated rings. The van der Waals surface area contributed by atoms with Crippen molar-refractivity contribution in [2.24, 2.45) is 0 Å². The molecule has 0 aromatic carbocycles. The van der Waals surface area contributed by atoms with Crippen molar-refractivity contribution in [1.29, 1.82) is 0 Å².